The van der Waals surface area contributed by atoms with Gasteiger partial charge in [-0.15, -0.1) is 0 Å². The number of halogens is 2. The zero-order valence-corrected chi connectivity index (χ0v) is 15.6. The van der Waals surface area contributed by atoms with Crippen LogP contribution in [0.15, 0.2) is 36.5 Å². The Hall–Kier alpha value is -3.03. The molecule has 146 valence electrons. The molecule has 8 heteroatoms. The Kier molecular flexibility index (Phi) is 5.18. The van der Waals surface area contributed by atoms with Crippen LogP contribution in [-0.4, -0.2) is 39.9 Å². The first-order chi connectivity index (χ1) is 13.7. The number of ether oxygens (including phenoxy) is 1. The molecule has 0 spiro atoms. The van der Waals surface area contributed by atoms with E-state index in [2.05, 4.69) is 15.1 Å². The summed E-state index contributed by atoms with van der Waals surface area (Å²) >= 11 is 0. The molecule has 1 aromatic carbocycles. The Morgan fingerprint density at radius 3 is 2.61 bits per heavy atom. The monoisotopic (exact) mass is 385 g/mol. The van der Waals surface area contributed by atoms with Crippen LogP contribution in [0.25, 0.3) is 11.5 Å². The van der Waals surface area contributed by atoms with E-state index in [1.807, 2.05) is 4.90 Å². The number of hydrogen-bond donors (Lipinski definition) is 0. The van der Waals surface area contributed by atoms with Crippen LogP contribution in [0.4, 0.5) is 14.6 Å². The fourth-order valence-corrected chi connectivity index (χ4v) is 3.38. The van der Waals surface area contributed by atoms with Gasteiger partial charge in [0.2, 0.25) is 5.88 Å². The molecule has 1 aliphatic rings. The summed E-state index contributed by atoms with van der Waals surface area (Å²) in [5, 5.41) is 4.46. The zero-order chi connectivity index (χ0) is 19.5. The summed E-state index contributed by atoms with van der Waals surface area (Å²) in [7, 11) is 1.52. The third-order valence-corrected chi connectivity index (χ3v) is 4.84. The molecule has 28 heavy (non-hydrogen) atoms. The van der Waals surface area contributed by atoms with E-state index in [1.165, 1.54) is 19.4 Å². The van der Waals surface area contributed by atoms with Gasteiger partial charge in [0.25, 0.3) is 0 Å². The average molecular weight is 385 g/mol. The molecule has 0 N–H and O–H groups in total. The van der Waals surface area contributed by atoms with E-state index >= 15 is 0 Å². The van der Waals surface area contributed by atoms with Crippen molar-refractivity contribution < 1.29 is 13.5 Å². The third kappa shape index (κ3) is 3.67. The minimum atomic E-state index is -0.441. The van der Waals surface area contributed by atoms with Gasteiger partial charge in [0.05, 0.1) is 19.9 Å². The lowest BCUT2D eigenvalue weighted by atomic mass is 10.1. The van der Waals surface area contributed by atoms with Crippen molar-refractivity contribution in [1.29, 1.82) is 0 Å². The molecule has 0 amide bonds. The summed E-state index contributed by atoms with van der Waals surface area (Å²) in [6.45, 7) is 1.76. The van der Waals surface area contributed by atoms with Gasteiger partial charge in [-0.25, -0.2) is 23.4 Å². The highest BCUT2D eigenvalue weighted by atomic mass is 19.1. The molecule has 0 bridgehead atoms. The molecule has 0 atom stereocenters. The first-order valence-corrected chi connectivity index (χ1v) is 9.29. The van der Waals surface area contributed by atoms with Crippen LogP contribution >= 0.6 is 0 Å². The van der Waals surface area contributed by atoms with E-state index in [9.17, 15) is 8.78 Å². The van der Waals surface area contributed by atoms with E-state index in [0.717, 1.165) is 32.4 Å². The van der Waals surface area contributed by atoms with Crippen LogP contribution in [0.2, 0.25) is 0 Å². The Balaban J connectivity index is 1.66. The Morgan fingerprint density at radius 1 is 1.07 bits per heavy atom. The third-order valence-electron chi connectivity index (χ3n) is 4.84. The lowest BCUT2D eigenvalue weighted by Crippen LogP contribution is -2.31. The lowest BCUT2D eigenvalue weighted by Gasteiger charge is -2.27. The van der Waals surface area contributed by atoms with Crippen LogP contribution in [-0.2, 0) is 6.54 Å². The maximum atomic E-state index is 14.3. The lowest BCUT2D eigenvalue weighted by molar-refractivity contribution is 0.365. The number of hydrogen-bond acceptors (Lipinski definition) is 5. The molecule has 3 heterocycles. The summed E-state index contributed by atoms with van der Waals surface area (Å²) in [6.07, 6.45) is 4.36. The van der Waals surface area contributed by atoms with E-state index in [4.69, 9.17) is 4.74 Å². The van der Waals surface area contributed by atoms with Crippen molar-refractivity contribution in [3.63, 3.8) is 0 Å². The second-order valence-electron chi connectivity index (χ2n) is 6.73. The second kappa shape index (κ2) is 7.92. The molecule has 1 fully saturated rings. The number of aromatic nitrogens is 4. The molecule has 4 rings (SSSR count). The van der Waals surface area contributed by atoms with Crippen LogP contribution < -0.4 is 9.64 Å². The predicted octanol–water partition coefficient (Wildman–Crippen LogP) is 3.67. The number of methoxy groups -OCH3 is 1. The number of benzene rings is 1. The molecule has 6 nitrogen and oxygen atoms in total. The highest BCUT2D eigenvalue weighted by Crippen LogP contribution is 2.26. The Bertz CT molecular complexity index is 969. The molecule has 0 saturated carbocycles. The van der Waals surface area contributed by atoms with Crippen LogP contribution in [0.5, 0.6) is 5.88 Å². The molecule has 0 radical (unpaired) electrons. The standard InChI is InChI=1S/C20H21F2N5O/c1-28-18-11-17(25-27(18)13-14-7-3-4-8-15(14)21)19-23-12-16(22)20(24-19)26-9-5-2-6-10-26/h3-4,7-8,11-12H,2,5-6,9-10,13H2,1H3. The minimum Gasteiger partial charge on any atom is -0.481 e. The zero-order valence-electron chi connectivity index (χ0n) is 15.6. The first kappa shape index (κ1) is 18.3. The summed E-state index contributed by atoms with van der Waals surface area (Å²) < 4.78 is 35.2. The van der Waals surface area contributed by atoms with Crippen molar-refractivity contribution in [2.75, 3.05) is 25.1 Å². The summed E-state index contributed by atoms with van der Waals surface area (Å²) in [5.74, 6) is 0.306. The van der Waals surface area contributed by atoms with Crippen LogP contribution in [0, 0.1) is 11.6 Å². The molecular formula is C20H21F2N5O. The molecule has 2 aromatic heterocycles. The van der Waals surface area contributed by atoms with E-state index < -0.39 is 5.82 Å². The minimum absolute atomic E-state index is 0.204. The summed E-state index contributed by atoms with van der Waals surface area (Å²) in [5.41, 5.74) is 0.941. The Morgan fingerprint density at radius 2 is 1.86 bits per heavy atom. The van der Waals surface area contributed by atoms with E-state index in [1.54, 1.807) is 28.9 Å². The summed E-state index contributed by atoms with van der Waals surface area (Å²) in [6, 6.07) is 8.18. The molecule has 0 unspecified atom stereocenters. The molecule has 1 saturated heterocycles. The first-order valence-electron chi connectivity index (χ1n) is 9.29. The fraction of sp³-hybridized carbons (Fsp3) is 0.350. The molecule has 1 aliphatic heterocycles. The quantitative estimate of drug-likeness (QED) is 0.671. The highest BCUT2D eigenvalue weighted by molar-refractivity contribution is 5.55. The maximum Gasteiger partial charge on any atom is 0.212 e. The molecular weight excluding hydrogens is 364 g/mol. The molecule has 3 aromatic rings. The van der Waals surface area contributed by atoms with Gasteiger partial charge in [-0.1, -0.05) is 18.2 Å². The van der Waals surface area contributed by atoms with Crippen molar-refractivity contribution in [2.24, 2.45) is 0 Å². The average Bonchev–Trinajstić information content (AvgIpc) is 3.13. The maximum absolute atomic E-state index is 14.3. The van der Waals surface area contributed by atoms with Gasteiger partial charge < -0.3 is 9.64 Å². The second-order valence-corrected chi connectivity index (χ2v) is 6.73. The fourth-order valence-electron chi connectivity index (χ4n) is 3.38. The topological polar surface area (TPSA) is 56.1 Å². The number of rotatable bonds is 5. The molecule has 0 aliphatic carbocycles. The number of anilines is 1. The van der Waals surface area contributed by atoms with Crippen molar-refractivity contribution >= 4 is 5.82 Å². The van der Waals surface area contributed by atoms with Gasteiger partial charge >= 0.3 is 0 Å². The summed E-state index contributed by atoms with van der Waals surface area (Å²) in [4.78, 5) is 10.5. The van der Waals surface area contributed by atoms with Gasteiger partial charge in [-0.3, -0.25) is 0 Å². The number of piperidine rings is 1. The van der Waals surface area contributed by atoms with Gasteiger partial charge in [0, 0.05) is 24.7 Å². The van der Waals surface area contributed by atoms with Gasteiger partial charge in [0.1, 0.15) is 11.5 Å². The van der Waals surface area contributed by atoms with Gasteiger partial charge in [0.15, 0.2) is 17.5 Å². The van der Waals surface area contributed by atoms with Crippen molar-refractivity contribution in [3.05, 3.63) is 53.7 Å². The van der Waals surface area contributed by atoms with Crippen LogP contribution in [0.1, 0.15) is 24.8 Å². The van der Waals surface area contributed by atoms with Crippen molar-refractivity contribution in [1.82, 2.24) is 19.7 Å². The van der Waals surface area contributed by atoms with Gasteiger partial charge in [-0.05, 0) is 25.3 Å². The van der Waals surface area contributed by atoms with Crippen molar-refractivity contribution in [3.8, 4) is 17.4 Å². The van der Waals surface area contributed by atoms with Crippen molar-refractivity contribution in [2.45, 2.75) is 25.8 Å². The van der Waals surface area contributed by atoms with Gasteiger partial charge in [-0.2, -0.15) is 5.10 Å². The largest absolute Gasteiger partial charge is 0.481 e. The number of nitrogens with zero attached hydrogens (tertiary/aromatic N) is 5. The predicted molar refractivity (Wildman–Crippen MR) is 101 cm³/mol. The SMILES string of the molecule is COc1cc(-c2ncc(F)c(N3CCCCC3)n2)nn1Cc1ccccc1F. The Labute approximate surface area is 161 Å². The van der Waals surface area contributed by atoms with E-state index in [0.29, 0.717) is 28.8 Å². The normalized spacial score (nSPS) is 14.3. The van der Waals surface area contributed by atoms with E-state index in [-0.39, 0.29) is 12.4 Å². The smallest absolute Gasteiger partial charge is 0.212 e. The highest BCUT2D eigenvalue weighted by Gasteiger charge is 2.20. The van der Waals surface area contributed by atoms with Crippen LogP contribution in [0.3, 0.4) is 0 Å².